The molecule has 2 rings (SSSR count). The van der Waals surface area contributed by atoms with E-state index in [1.165, 1.54) is 18.2 Å². The van der Waals surface area contributed by atoms with E-state index in [1.54, 1.807) is 12.1 Å². The van der Waals surface area contributed by atoms with Crippen LogP contribution < -0.4 is 5.32 Å². The molecule has 19 heavy (non-hydrogen) atoms. The Morgan fingerprint density at radius 3 is 2.63 bits per heavy atom. The Bertz CT molecular complexity index is 643. The largest absolute Gasteiger partial charge is 0.506 e. The molecule has 0 saturated carbocycles. The number of halogens is 2. The van der Waals surface area contributed by atoms with E-state index in [0.29, 0.717) is 0 Å². The normalized spacial score (nSPS) is 10.3. The van der Waals surface area contributed by atoms with Crippen molar-refractivity contribution < 1.29 is 14.3 Å². The van der Waals surface area contributed by atoms with Gasteiger partial charge in [0.15, 0.2) is 0 Å². The van der Waals surface area contributed by atoms with Gasteiger partial charge in [-0.1, -0.05) is 17.7 Å². The highest BCUT2D eigenvalue weighted by molar-refractivity contribution is 6.30. The molecule has 0 spiro atoms. The topological polar surface area (TPSA) is 49.3 Å². The van der Waals surface area contributed by atoms with E-state index in [0.717, 1.165) is 11.6 Å². The average Bonchev–Trinajstić information content (AvgIpc) is 2.32. The quantitative estimate of drug-likeness (QED) is 0.823. The highest BCUT2D eigenvalue weighted by atomic mass is 35.5. The first-order valence-corrected chi connectivity index (χ1v) is 5.91. The van der Waals surface area contributed by atoms with Crippen molar-refractivity contribution in [3.05, 3.63) is 58.4 Å². The van der Waals surface area contributed by atoms with Gasteiger partial charge in [-0.15, -0.1) is 0 Å². The lowest BCUT2D eigenvalue weighted by Gasteiger charge is -2.08. The van der Waals surface area contributed by atoms with Gasteiger partial charge in [-0.25, -0.2) is 4.39 Å². The van der Waals surface area contributed by atoms with Gasteiger partial charge in [0.25, 0.3) is 5.91 Å². The van der Waals surface area contributed by atoms with E-state index in [9.17, 15) is 14.3 Å². The molecule has 0 heterocycles. The first kappa shape index (κ1) is 13.4. The zero-order chi connectivity index (χ0) is 14.0. The minimum atomic E-state index is -0.711. The summed E-state index contributed by atoms with van der Waals surface area (Å²) in [4.78, 5) is 11.9. The van der Waals surface area contributed by atoms with Crippen LogP contribution in [0.1, 0.15) is 15.9 Å². The number of amides is 1. The van der Waals surface area contributed by atoms with Crippen molar-refractivity contribution in [1.29, 1.82) is 0 Å². The van der Waals surface area contributed by atoms with E-state index in [2.05, 4.69) is 5.32 Å². The number of aryl methyl sites for hydroxylation is 1. The maximum Gasteiger partial charge on any atom is 0.258 e. The lowest BCUT2D eigenvalue weighted by Crippen LogP contribution is -2.13. The van der Waals surface area contributed by atoms with Crippen molar-refractivity contribution >= 4 is 23.2 Å². The second-order valence-corrected chi connectivity index (χ2v) is 4.54. The molecule has 0 bridgehead atoms. The van der Waals surface area contributed by atoms with Crippen molar-refractivity contribution in [3.63, 3.8) is 0 Å². The molecule has 0 radical (unpaired) electrons. The van der Waals surface area contributed by atoms with E-state index in [4.69, 9.17) is 11.6 Å². The number of phenolic OH excluding ortho intramolecular Hbond substituents is 1. The number of nitrogens with one attached hydrogen (secondary N) is 1. The molecule has 98 valence electrons. The van der Waals surface area contributed by atoms with Crippen LogP contribution in [-0.2, 0) is 0 Å². The third-order valence-corrected chi connectivity index (χ3v) is 2.81. The Balaban J connectivity index is 2.25. The summed E-state index contributed by atoms with van der Waals surface area (Å²) < 4.78 is 13.6. The molecule has 0 aliphatic heterocycles. The van der Waals surface area contributed by atoms with Gasteiger partial charge in [0.2, 0.25) is 0 Å². The summed E-state index contributed by atoms with van der Waals surface area (Å²) >= 11 is 5.61. The molecule has 0 aliphatic carbocycles. The SMILES string of the molecule is Cc1ccc(NC(=O)c2ccc(Cl)cc2F)c(O)c1. The summed E-state index contributed by atoms with van der Waals surface area (Å²) in [5.74, 6) is -1.42. The first-order chi connectivity index (χ1) is 8.97. The lowest BCUT2D eigenvalue weighted by molar-refractivity contribution is 0.102. The van der Waals surface area contributed by atoms with Gasteiger partial charge in [-0.05, 0) is 42.8 Å². The fraction of sp³-hybridized carbons (Fsp3) is 0.0714. The molecule has 2 aromatic rings. The molecular formula is C14H11ClFNO2. The van der Waals surface area contributed by atoms with Crippen LogP contribution in [0.5, 0.6) is 5.75 Å². The number of phenols is 1. The van der Waals surface area contributed by atoms with Crippen LogP contribution in [0.4, 0.5) is 10.1 Å². The molecule has 0 aliphatic rings. The minimum absolute atomic E-state index is 0.0669. The van der Waals surface area contributed by atoms with Crippen LogP contribution >= 0.6 is 11.6 Å². The Kier molecular flexibility index (Phi) is 3.71. The molecule has 0 aromatic heterocycles. The van der Waals surface area contributed by atoms with Crippen LogP contribution in [0.25, 0.3) is 0 Å². The number of aromatic hydroxyl groups is 1. The number of rotatable bonds is 2. The van der Waals surface area contributed by atoms with Crippen LogP contribution in [0.15, 0.2) is 36.4 Å². The number of hydrogen-bond acceptors (Lipinski definition) is 2. The lowest BCUT2D eigenvalue weighted by atomic mass is 10.1. The van der Waals surface area contributed by atoms with Gasteiger partial charge in [0.05, 0.1) is 11.3 Å². The highest BCUT2D eigenvalue weighted by Gasteiger charge is 2.13. The van der Waals surface area contributed by atoms with Crippen LogP contribution in [0.2, 0.25) is 5.02 Å². The van der Waals surface area contributed by atoms with Crippen molar-refractivity contribution in [2.45, 2.75) is 6.92 Å². The first-order valence-electron chi connectivity index (χ1n) is 5.53. The smallest absolute Gasteiger partial charge is 0.258 e. The molecule has 1 amide bonds. The summed E-state index contributed by atoms with van der Waals surface area (Å²) in [6.45, 7) is 1.81. The van der Waals surface area contributed by atoms with E-state index in [-0.39, 0.29) is 22.0 Å². The van der Waals surface area contributed by atoms with E-state index >= 15 is 0 Å². The van der Waals surface area contributed by atoms with Crippen LogP contribution in [0.3, 0.4) is 0 Å². The maximum atomic E-state index is 13.6. The summed E-state index contributed by atoms with van der Waals surface area (Å²) in [7, 11) is 0. The Morgan fingerprint density at radius 1 is 1.26 bits per heavy atom. The number of anilines is 1. The molecule has 0 fully saturated rings. The standard InChI is InChI=1S/C14H11ClFNO2/c1-8-2-5-12(13(18)6-8)17-14(19)10-4-3-9(15)7-11(10)16/h2-7,18H,1H3,(H,17,19). The minimum Gasteiger partial charge on any atom is -0.506 e. The molecule has 0 saturated heterocycles. The summed E-state index contributed by atoms with van der Waals surface area (Å²) in [6, 6.07) is 8.57. The second-order valence-electron chi connectivity index (χ2n) is 4.10. The molecule has 0 atom stereocenters. The number of carbonyl (C=O) groups is 1. The molecule has 2 aromatic carbocycles. The third-order valence-electron chi connectivity index (χ3n) is 2.58. The maximum absolute atomic E-state index is 13.6. The van der Waals surface area contributed by atoms with Crippen LogP contribution in [-0.4, -0.2) is 11.0 Å². The zero-order valence-corrected chi connectivity index (χ0v) is 10.8. The Hall–Kier alpha value is -2.07. The molecule has 3 nitrogen and oxygen atoms in total. The van der Waals surface area contributed by atoms with Crippen molar-refractivity contribution in [2.24, 2.45) is 0 Å². The van der Waals surface area contributed by atoms with E-state index in [1.807, 2.05) is 6.92 Å². The number of hydrogen-bond donors (Lipinski definition) is 2. The Morgan fingerprint density at radius 2 is 2.00 bits per heavy atom. The van der Waals surface area contributed by atoms with Gasteiger partial charge >= 0.3 is 0 Å². The van der Waals surface area contributed by atoms with Gasteiger partial charge in [0.1, 0.15) is 11.6 Å². The molecule has 0 unspecified atom stereocenters. The Labute approximate surface area is 114 Å². The highest BCUT2D eigenvalue weighted by Crippen LogP contribution is 2.25. The van der Waals surface area contributed by atoms with Gasteiger partial charge in [-0.2, -0.15) is 0 Å². The summed E-state index contributed by atoms with van der Waals surface area (Å²) in [6.07, 6.45) is 0. The van der Waals surface area contributed by atoms with Crippen LogP contribution in [0, 0.1) is 12.7 Å². The summed E-state index contributed by atoms with van der Waals surface area (Å²) in [5, 5.41) is 12.3. The average molecular weight is 280 g/mol. The number of carbonyl (C=O) groups excluding carboxylic acids is 1. The second kappa shape index (κ2) is 5.28. The van der Waals surface area contributed by atoms with E-state index < -0.39 is 11.7 Å². The predicted octanol–water partition coefficient (Wildman–Crippen LogP) is 3.75. The van der Waals surface area contributed by atoms with Crippen molar-refractivity contribution in [2.75, 3.05) is 5.32 Å². The molecular weight excluding hydrogens is 269 g/mol. The fourth-order valence-electron chi connectivity index (χ4n) is 1.61. The third kappa shape index (κ3) is 3.03. The predicted molar refractivity (Wildman–Crippen MR) is 72.2 cm³/mol. The molecule has 5 heteroatoms. The number of benzene rings is 2. The van der Waals surface area contributed by atoms with Gasteiger partial charge < -0.3 is 10.4 Å². The van der Waals surface area contributed by atoms with Gasteiger partial charge in [0, 0.05) is 5.02 Å². The van der Waals surface area contributed by atoms with Crippen molar-refractivity contribution in [3.8, 4) is 5.75 Å². The fourth-order valence-corrected chi connectivity index (χ4v) is 1.77. The summed E-state index contributed by atoms with van der Waals surface area (Å²) in [5.41, 5.74) is 0.947. The zero-order valence-electron chi connectivity index (χ0n) is 10.1. The van der Waals surface area contributed by atoms with Gasteiger partial charge in [-0.3, -0.25) is 4.79 Å². The monoisotopic (exact) mass is 279 g/mol. The molecule has 2 N–H and O–H groups in total. The van der Waals surface area contributed by atoms with Crippen molar-refractivity contribution in [1.82, 2.24) is 0 Å².